The number of amides is 10. The number of hydrogen-bond acceptors (Lipinski definition) is 13. The van der Waals surface area contributed by atoms with Gasteiger partial charge in [0.25, 0.3) is 5.91 Å². The second-order valence-corrected chi connectivity index (χ2v) is 25.4. The monoisotopic (exact) mass is 1190 g/mol. The summed E-state index contributed by atoms with van der Waals surface area (Å²) in [5, 5.41) is 25.1. The quantitative estimate of drug-likeness (QED) is 0.0416. The van der Waals surface area contributed by atoms with Crippen LogP contribution in [0.1, 0.15) is 190 Å². The van der Waals surface area contributed by atoms with Crippen molar-refractivity contribution in [2.45, 2.75) is 233 Å². The fourth-order valence-electron chi connectivity index (χ4n) is 9.88. The maximum atomic E-state index is 14.4. The number of rotatable bonds is 36. The van der Waals surface area contributed by atoms with E-state index in [2.05, 4.69) is 59.8 Å². The summed E-state index contributed by atoms with van der Waals surface area (Å²) >= 11 is 0. The normalized spacial score (nSPS) is 15.5. The molecule has 0 saturated carbocycles. The largest absolute Gasteiger partial charge is 0.444 e. The standard InChI is InChI=1S/C62H102N12O11/c1-16-18-19-20-21-25-30-44(66-54(80)48-31-26-34-74(48)56(81)47-38-85-55(68-47)42-28-23-22-24-29-42)50(76)67-46(36-40(5)6)53(79)71-61(10,11)58(83)69-45(35-39(3)4)51(77)65-43(27-17-2)52(78)70-62(12,13)59(84)72-60(8,9)57(82)63-33-32-49(75)64-41(7)37-73(14)15/h22-24,28-29,38-41,43-46,48H,16-21,25-27,30-37H2,1-15H3,(H,63,82)(H,64,75)(H,65,77)(H,66,80)(H,67,76)(H,69,83)(H,70,78)(H,71,79)(H,72,84)/t41-,43-,44-,45-,46-,48-/m0/s1. The van der Waals surface area contributed by atoms with Crippen LogP contribution in [0.15, 0.2) is 41.0 Å². The third-order valence-electron chi connectivity index (χ3n) is 14.6. The molecule has 0 bridgehead atoms. The molecule has 1 fully saturated rings. The van der Waals surface area contributed by atoms with Gasteiger partial charge in [-0.2, -0.15) is 0 Å². The molecule has 0 unspecified atom stereocenters. The van der Waals surface area contributed by atoms with Gasteiger partial charge in [0.2, 0.25) is 59.1 Å². The van der Waals surface area contributed by atoms with Crippen LogP contribution >= 0.6 is 0 Å². The van der Waals surface area contributed by atoms with Crippen LogP contribution in [0.3, 0.4) is 0 Å². The highest BCUT2D eigenvalue weighted by Crippen LogP contribution is 2.24. The number of benzene rings is 1. The van der Waals surface area contributed by atoms with E-state index in [4.69, 9.17) is 4.42 Å². The highest BCUT2D eigenvalue weighted by molar-refractivity contribution is 6.01. The number of likely N-dealkylation sites (tertiary alicyclic amines) is 1. The van der Waals surface area contributed by atoms with E-state index < -0.39 is 100.0 Å². The van der Waals surface area contributed by atoms with E-state index in [9.17, 15) is 47.9 Å². The van der Waals surface area contributed by atoms with Gasteiger partial charge in [0, 0.05) is 37.7 Å². The fraction of sp³-hybridized carbons (Fsp3) is 0.694. The molecule has 1 aliphatic heterocycles. The van der Waals surface area contributed by atoms with E-state index in [0.29, 0.717) is 44.3 Å². The van der Waals surface area contributed by atoms with Gasteiger partial charge in [-0.05, 0) is 125 Å². The minimum Gasteiger partial charge on any atom is -0.444 e. The van der Waals surface area contributed by atoms with E-state index in [1.54, 1.807) is 0 Å². The number of likely N-dealkylation sites (N-methyl/N-ethyl adjacent to an activating group) is 1. The van der Waals surface area contributed by atoms with Gasteiger partial charge in [0.05, 0.1) is 0 Å². The molecule has 3 rings (SSSR count). The van der Waals surface area contributed by atoms with Crippen molar-refractivity contribution in [2.75, 3.05) is 33.7 Å². The molecule has 10 amide bonds. The van der Waals surface area contributed by atoms with E-state index in [1.165, 1.54) is 52.7 Å². The molecule has 0 radical (unpaired) electrons. The van der Waals surface area contributed by atoms with E-state index in [-0.39, 0.29) is 74.0 Å². The smallest absolute Gasteiger partial charge is 0.276 e. The third-order valence-corrected chi connectivity index (χ3v) is 14.6. The first-order valence-corrected chi connectivity index (χ1v) is 30.5. The Morgan fingerprint density at radius 1 is 0.624 bits per heavy atom. The maximum Gasteiger partial charge on any atom is 0.276 e. The average molecular weight is 1190 g/mol. The lowest BCUT2D eigenvalue weighted by molar-refractivity contribution is -0.139. The third kappa shape index (κ3) is 24.2. The minimum absolute atomic E-state index is 0.0264. The van der Waals surface area contributed by atoms with Gasteiger partial charge in [0.1, 0.15) is 53.1 Å². The van der Waals surface area contributed by atoms with Crippen molar-refractivity contribution in [3.8, 4) is 11.5 Å². The molecule has 0 spiro atoms. The van der Waals surface area contributed by atoms with Crippen LogP contribution in [0.4, 0.5) is 0 Å². The van der Waals surface area contributed by atoms with Crippen LogP contribution < -0.4 is 47.9 Å². The second kappa shape index (κ2) is 34.3. The number of nitrogens with one attached hydrogen (secondary N) is 9. The van der Waals surface area contributed by atoms with Crippen LogP contribution in [0, 0.1) is 11.8 Å². The summed E-state index contributed by atoms with van der Waals surface area (Å²) in [4.78, 5) is 146. The summed E-state index contributed by atoms with van der Waals surface area (Å²) in [6, 6.07) is 3.61. The van der Waals surface area contributed by atoms with Crippen molar-refractivity contribution in [1.82, 2.24) is 62.6 Å². The highest BCUT2D eigenvalue weighted by atomic mass is 16.3. The van der Waals surface area contributed by atoms with Gasteiger partial charge in [-0.25, -0.2) is 4.98 Å². The predicted molar refractivity (Wildman–Crippen MR) is 326 cm³/mol. The number of hydrogen-bond donors (Lipinski definition) is 9. The lowest BCUT2D eigenvalue weighted by Crippen LogP contribution is -2.65. The lowest BCUT2D eigenvalue weighted by Gasteiger charge is -2.33. The number of unbranched alkanes of at least 4 members (excludes halogenated alkanes) is 5. The van der Waals surface area contributed by atoms with Gasteiger partial charge in [-0.1, -0.05) is 105 Å². The number of nitrogens with zero attached hydrogens (tertiary/aromatic N) is 3. The molecule has 6 atom stereocenters. The summed E-state index contributed by atoms with van der Waals surface area (Å²) < 4.78 is 5.63. The SMILES string of the molecule is CCCCCCCC[C@H](NC(=O)[C@@H]1CCCN1C(=O)c1coc(-c2ccccc2)n1)C(=O)N[C@@H](CC(C)C)C(=O)NC(C)(C)C(=O)N[C@@H](CC(C)C)C(=O)N[C@@H](CCC)C(=O)NC(C)(C)C(=O)NC(C)(C)C(=O)NCCC(=O)N[C@@H](C)CN(C)C. The second-order valence-electron chi connectivity index (χ2n) is 25.4. The fourth-order valence-corrected chi connectivity index (χ4v) is 9.88. The maximum absolute atomic E-state index is 14.4. The topological polar surface area (TPSA) is 311 Å². The summed E-state index contributed by atoms with van der Waals surface area (Å²) in [6.45, 7) is 23.1. The zero-order valence-electron chi connectivity index (χ0n) is 53.4. The molecule has 23 nitrogen and oxygen atoms in total. The van der Waals surface area contributed by atoms with E-state index >= 15 is 0 Å². The Bertz CT molecular complexity index is 2550. The first-order valence-electron chi connectivity index (χ1n) is 30.5. The van der Waals surface area contributed by atoms with Crippen molar-refractivity contribution in [3.05, 3.63) is 42.3 Å². The first-order chi connectivity index (χ1) is 39.8. The van der Waals surface area contributed by atoms with Crippen molar-refractivity contribution < 1.29 is 52.4 Å². The Balaban J connectivity index is 1.72. The number of oxazole rings is 1. The Kier molecular flexibility index (Phi) is 29.2. The lowest BCUT2D eigenvalue weighted by atomic mass is 9.97. The van der Waals surface area contributed by atoms with Gasteiger partial charge < -0.3 is 62.1 Å². The molecule has 1 aromatic carbocycles. The van der Waals surface area contributed by atoms with Gasteiger partial charge in [0.15, 0.2) is 5.69 Å². The molecule has 85 heavy (non-hydrogen) atoms. The zero-order chi connectivity index (χ0) is 63.8. The highest BCUT2D eigenvalue weighted by Gasteiger charge is 2.41. The summed E-state index contributed by atoms with van der Waals surface area (Å²) in [7, 11) is 3.79. The summed E-state index contributed by atoms with van der Waals surface area (Å²) in [6.07, 6.45) is 8.94. The van der Waals surface area contributed by atoms with Crippen LogP contribution in [0.5, 0.6) is 0 Å². The summed E-state index contributed by atoms with van der Waals surface area (Å²) in [5.74, 6) is -5.78. The summed E-state index contributed by atoms with van der Waals surface area (Å²) in [5.41, 5.74) is -3.93. The molecule has 1 aliphatic rings. The van der Waals surface area contributed by atoms with Crippen molar-refractivity contribution in [1.29, 1.82) is 0 Å². The number of aromatic nitrogens is 1. The van der Waals surface area contributed by atoms with Gasteiger partial charge >= 0.3 is 0 Å². The molecule has 1 saturated heterocycles. The Morgan fingerprint density at radius 2 is 1.16 bits per heavy atom. The van der Waals surface area contributed by atoms with E-state index in [1.807, 2.05) is 90.9 Å². The molecule has 2 heterocycles. The molecular weight excluding hydrogens is 1090 g/mol. The van der Waals surface area contributed by atoms with Crippen molar-refractivity contribution in [3.63, 3.8) is 0 Å². The van der Waals surface area contributed by atoms with Crippen LogP contribution in [0.25, 0.3) is 11.5 Å². The molecule has 1 aromatic heterocycles. The Hall–Kier alpha value is -6.91. The molecule has 2 aromatic rings. The van der Waals surface area contributed by atoms with Crippen LogP contribution in [0.2, 0.25) is 0 Å². The Labute approximate surface area is 504 Å². The predicted octanol–water partition coefficient (Wildman–Crippen LogP) is 4.79. The van der Waals surface area contributed by atoms with Crippen molar-refractivity contribution in [2.24, 2.45) is 11.8 Å². The molecule has 9 N–H and O–H groups in total. The average Bonchev–Trinajstić information content (AvgIpc) is 4.38. The molecule has 476 valence electrons. The van der Waals surface area contributed by atoms with Crippen LogP contribution in [-0.4, -0.2) is 160 Å². The van der Waals surface area contributed by atoms with Gasteiger partial charge in [-0.3, -0.25) is 47.9 Å². The van der Waals surface area contributed by atoms with Crippen molar-refractivity contribution >= 4 is 59.1 Å². The van der Waals surface area contributed by atoms with Gasteiger partial charge in [-0.15, -0.1) is 0 Å². The Morgan fingerprint density at radius 3 is 1.76 bits per heavy atom. The minimum atomic E-state index is -1.65. The molecule has 0 aliphatic carbocycles. The number of carbonyl (C=O) groups is 10. The zero-order valence-corrected chi connectivity index (χ0v) is 53.4. The van der Waals surface area contributed by atoms with E-state index in [0.717, 1.165) is 32.1 Å². The number of carbonyl (C=O) groups excluding carboxylic acids is 10. The molecular formula is C62H102N12O11. The first kappa shape index (κ1) is 72.3. The van der Waals surface area contributed by atoms with Crippen LogP contribution in [-0.2, 0) is 43.2 Å². The molecule has 23 heteroatoms.